The first-order chi connectivity index (χ1) is 10.2. The molecule has 1 saturated carbocycles. The summed E-state index contributed by atoms with van der Waals surface area (Å²) in [5, 5.41) is 3.40. The van der Waals surface area contributed by atoms with Gasteiger partial charge in [-0.1, -0.05) is 20.8 Å². The van der Waals surface area contributed by atoms with Crippen LogP contribution in [0.25, 0.3) is 0 Å². The maximum atomic E-state index is 4.64. The number of nitrogens with one attached hydrogen (secondary N) is 1. The molecule has 3 heteroatoms. The van der Waals surface area contributed by atoms with Gasteiger partial charge in [0.15, 0.2) is 0 Å². The fourth-order valence-corrected chi connectivity index (χ4v) is 3.96. The van der Waals surface area contributed by atoms with Crippen molar-refractivity contribution >= 4 is 0 Å². The van der Waals surface area contributed by atoms with E-state index < -0.39 is 0 Å². The molecule has 3 unspecified atom stereocenters. The van der Waals surface area contributed by atoms with Crippen molar-refractivity contribution in [1.29, 1.82) is 0 Å². The van der Waals surface area contributed by atoms with E-state index in [-0.39, 0.29) is 0 Å². The van der Waals surface area contributed by atoms with Crippen molar-refractivity contribution in [3.8, 4) is 0 Å². The average Bonchev–Trinajstić information content (AvgIpc) is 2.88. The minimum absolute atomic E-state index is 0.789. The molecule has 0 spiro atoms. The van der Waals surface area contributed by atoms with E-state index in [2.05, 4.69) is 48.9 Å². The molecule has 1 aliphatic carbocycles. The maximum absolute atomic E-state index is 4.64. The average molecular weight is 291 g/mol. The summed E-state index contributed by atoms with van der Waals surface area (Å²) >= 11 is 0. The van der Waals surface area contributed by atoms with Crippen LogP contribution in [0.15, 0.2) is 12.4 Å². The monoisotopic (exact) mass is 291 g/mol. The van der Waals surface area contributed by atoms with Gasteiger partial charge >= 0.3 is 0 Å². The molecule has 1 fully saturated rings. The molecule has 3 nitrogen and oxygen atoms in total. The molecule has 3 atom stereocenters. The lowest BCUT2D eigenvalue weighted by Gasteiger charge is -2.38. The molecular weight excluding hydrogens is 258 g/mol. The Kier molecular flexibility index (Phi) is 6.28. The van der Waals surface area contributed by atoms with Crippen molar-refractivity contribution in [2.75, 3.05) is 13.6 Å². The molecule has 0 aromatic carbocycles. The topological polar surface area (TPSA) is 29.9 Å². The number of aryl methyl sites for hydroxylation is 1. The molecule has 0 aliphatic heterocycles. The lowest BCUT2D eigenvalue weighted by Crippen LogP contribution is -2.34. The third kappa shape index (κ3) is 4.32. The fourth-order valence-electron chi connectivity index (χ4n) is 3.96. The Bertz CT molecular complexity index is 410. The van der Waals surface area contributed by atoms with E-state index in [1.165, 1.54) is 31.5 Å². The van der Waals surface area contributed by atoms with Gasteiger partial charge in [-0.2, -0.15) is 0 Å². The number of hydrogen-bond acceptors (Lipinski definition) is 2. The van der Waals surface area contributed by atoms with Gasteiger partial charge in [-0.15, -0.1) is 0 Å². The van der Waals surface area contributed by atoms with Crippen LogP contribution >= 0.6 is 0 Å². The van der Waals surface area contributed by atoms with Crippen LogP contribution in [0, 0.1) is 23.7 Å². The first kappa shape index (κ1) is 16.5. The summed E-state index contributed by atoms with van der Waals surface area (Å²) in [6.45, 7) is 9.27. The molecule has 0 bridgehead atoms. The van der Waals surface area contributed by atoms with Crippen molar-refractivity contribution < 1.29 is 0 Å². The van der Waals surface area contributed by atoms with Gasteiger partial charge in [-0.05, 0) is 62.9 Å². The third-order valence-electron chi connectivity index (χ3n) is 5.30. The Balaban J connectivity index is 2.06. The highest BCUT2D eigenvalue weighted by Crippen LogP contribution is 2.38. The molecule has 2 rings (SSSR count). The molecule has 1 N–H and O–H groups in total. The van der Waals surface area contributed by atoms with Crippen LogP contribution < -0.4 is 5.32 Å². The van der Waals surface area contributed by atoms with Crippen LogP contribution in [0.1, 0.15) is 52.3 Å². The predicted octanol–water partition coefficient (Wildman–Crippen LogP) is 3.74. The molecule has 1 aromatic heterocycles. The molecule has 0 radical (unpaired) electrons. The lowest BCUT2D eigenvalue weighted by atomic mass is 9.69. The van der Waals surface area contributed by atoms with Crippen molar-refractivity contribution in [3.05, 3.63) is 18.2 Å². The molecule has 1 aliphatic rings. The smallest absolute Gasteiger partial charge is 0.108 e. The predicted molar refractivity (Wildman–Crippen MR) is 89.3 cm³/mol. The number of hydrogen-bond donors (Lipinski definition) is 1. The minimum Gasteiger partial charge on any atom is -0.335 e. The second-order valence-corrected chi connectivity index (χ2v) is 7.14. The number of nitrogens with zero attached hydrogens (tertiary/aromatic N) is 2. The van der Waals surface area contributed by atoms with E-state index in [1.807, 2.05) is 6.20 Å². The van der Waals surface area contributed by atoms with Crippen molar-refractivity contribution in [2.45, 2.75) is 59.4 Å². The van der Waals surface area contributed by atoms with Crippen LogP contribution in [0.2, 0.25) is 0 Å². The summed E-state index contributed by atoms with van der Waals surface area (Å²) in [6, 6.07) is 0. The van der Waals surface area contributed by atoms with Gasteiger partial charge in [0.1, 0.15) is 5.82 Å². The highest BCUT2D eigenvalue weighted by atomic mass is 15.1. The van der Waals surface area contributed by atoms with Gasteiger partial charge in [0.25, 0.3) is 0 Å². The normalized spacial score (nSPS) is 26.4. The standard InChI is InChI=1S/C18H33N3/c1-5-9-21-10-8-20-18(21)12-17-11-15(14(2)3)6-7-16(17)13-19-4/h8,10,14-17,19H,5-7,9,11-13H2,1-4H3. The maximum Gasteiger partial charge on any atom is 0.108 e. The Hall–Kier alpha value is -0.830. The summed E-state index contributed by atoms with van der Waals surface area (Å²) in [5.41, 5.74) is 0. The summed E-state index contributed by atoms with van der Waals surface area (Å²) in [4.78, 5) is 4.64. The van der Waals surface area contributed by atoms with Crippen LogP contribution in [0.5, 0.6) is 0 Å². The minimum atomic E-state index is 0.789. The zero-order valence-electron chi connectivity index (χ0n) is 14.3. The summed E-state index contributed by atoms with van der Waals surface area (Å²) in [5.74, 6) is 4.62. The Morgan fingerprint density at radius 2 is 2.14 bits per heavy atom. The molecule has 0 saturated heterocycles. The molecule has 120 valence electrons. The quantitative estimate of drug-likeness (QED) is 0.829. The zero-order chi connectivity index (χ0) is 15.2. The number of aromatic nitrogens is 2. The SMILES string of the molecule is CCCn1ccnc1CC1CC(C(C)C)CCC1CNC. The van der Waals surface area contributed by atoms with Gasteiger partial charge in [0.2, 0.25) is 0 Å². The van der Waals surface area contributed by atoms with E-state index >= 15 is 0 Å². The zero-order valence-corrected chi connectivity index (χ0v) is 14.3. The van der Waals surface area contributed by atoms with E-state index in [0.29, 0.717) is 0 Å². The number of imidazole rings is 1. The van der Waals surface area contributed by atoms with Crippen LogP contribution in [-0.4, -0.2) is 23.1 Å². The van der Waals surface area contributed by atoms with Crippen LogP contribution in [0.4, 0.5) is 0 Å². The van der Waals surface area contributed by atoms with Gasteiger partial charge in [-0.25, -0.2) is 4.98 Å². The van der Waals surface area contributed by atoms with Crippen molar-refractivity contribution in [3.63, 3.8) is 0 Å². The van der Waals surface area contributed by atoms with Crippen LogP contribution in [0.3, 0.4) is 0 Å². The molecule has 1 aromatic rings. The van der Waals surface area contributed by atoms with Gasteiger partial charge in [0.05, 0.1) is 0 Å². The highest BCUT2D eigenvalue weighted by molar-refractivity contribution is 4.97. The Morgan fingerprint density at radius 3 is 2.81 bits per heavy atom. The van der Waals surface area contributed by atoms with Crippen molar-refractivity contribution in [1.82, 2.24) is 14.9 Å². The second kappa shape index (κ2) is 7.98. The molecular formula is C18H33N3. The van der Waals surface area contributed by atoms with Gasteiger partial charge in [0, 0.05) is 25.4 Å². The van der Waals surface area contributed by atoms with Crippen molar-refractivity contribution in [2.24, 2.45) is 23.7 Å². The second-order valence-electron chi connectivity index (χ2n) is 7.14. The summed E-state index contributed by atoms with van der Waals surface area (Å²) < 4.78 is 2.36. The third-order valence-corrected chi connectivity index (χ3v) is 5.30. The first-order valence-electron chi connectivity index (χ1n) is 8.80. The van der Waals surface area contributed by atoms with Gasteiger partial charge < -0.3 is 9.88 Å². The highest BCUT2D eigenvalue weighted by Gasteiger charge is 2.32. The summed E-state index contributed by atoms with van der Waals surface area (Å²) in [6.07, 6.45) is 10.6. The lowest BCUT2D eigenvalue weighted by molar-refractivity contribution is 0.144. The summed E-state index contributed by atoms with van der Waals surface area (Å²) in [7, 11) is 2.09. The van der Waals surface area contributed by atoms with Gasteiger partial charge in [-0.3, -0.25) is 0 Å². The first-order valence-corrected chi connectivity index (χ1v) is 8.80. The molecule has 21 heavy (non-hydrogen) atoms. The van der Waals surface area contributed by atoms with E-state index in [4.69, 9.17) is 0 Å². The molecule has 0 amide bonds. The molecule has 1 heterocycles. The fraction of sp³-hybridized carbons (Fsp3) is 0.833. The van der Waals surface area contributed by atoms with E-state index in [9.17, 15) is 0 Å². The largest absolute Gasteiger partial charge is 0.335 e. The Labute approximate surface area is 130 Å². The Morgan fingerprint density at radius 1 is 1.33 bits per heavy atom. The van der Waals surface area contributed by atoms with E-state index in [0.717, 1.165) is 43.2 Å². The van der Waals surface area contributed by atoms with Crippen LogP contribution in [-0.2, 0) is 13.0 Å². The number of rotatable bonds is 7. The van der Waals surface area contributed by atoms with E-state index in [1.54, 1.807) is 0 Å².